The number of aromatic nitrogens is 3. The number of amides is 1. The normalized spacial score (nSPS) is 10.3. The predicted octanol–water partition coefficient (Wildman–Crippen LogP) is 2.77. The van der Waals surface area contributed by atoms with Gasteiger partial charge in [0.05, 0.1) is 12.9 Å². The number of allylic oxidation sites excluding steroid dienone is 1. The van der Waals surface area contributed by atoms with Crippen LogP contribution in [-0.2, 0) is 17.8 Å². The molecule has 0 saturated carbocycles. The molecular weight excluding hydrogens is 312 g/mol. The second-order valence-electron chi connectivity index (χ2n) is 4.72. The van der Waals surface area contributed by atoms with Crippen molar-refractivity contribution in [2.45, 2.75) is 25.0 Å². The summed E-state index contributed by atoms with van der Waals surface area (Å²) in [6.45, 7) is 6.40. The number of carbonyl (C=O) groups excluding carboxylic acids is 1. The molecule has 0 radical (unpaired) electrons. The minimum Gasteiger partial charge on any atom is -0.497 e. The van der Waals surface area contributed by atoms with E-state index >= 15 is 0 Å². The van der Waals surface area contributed by atoms with Crippen LogP contribution in [-0.4, -0.2) is 33.5 Å². The summed E-state index contributed by atoms with van der Waals surface area (Å²) < 4.78 is 7.06. The van der Waals surface area contributed by atoms with Gasteiger partial charge in [0.15, 0.2) is 5.16 Å². The van der Waals surface area contributed by atoms with Gasteiger partial charge in [-0.2, -0.15) is 0 Å². The van der Waals surface area contributed by atoms with Gasteiger partial charge in [0.1, 0.15) is 11.6 Å². The van der Waals surface area contributed by atoms with Crippen LogP contribution < -0.4 is 10.1 Å². The van der Waals surface area contributed by atoms with Crippen LogP contribution in [0.25, 0.3) is 0 Å². The molecule has 0 aliphatic heterocycles. The third kappa shape index (κ3) is 4.59. The van der Waals surface area contributed by atoms with Gasteiger partial charge in [0.25, 0.3) is 0 Å². The molecule has 1 N–H and O–H groups in total. The molecule has 2 aromatic rings. The van der Waals surface area contributed by atoms with Gasteiger partial charge in [-0.05, 0) is 24.3 Å². The number of rotatable bonds is 8. The molecule has 0 saturated heterocycles. The van der Waals surface area contributed by atoms with Gasteiger partial charge in [-0.25, -0.2) is 0 Å². The van der Waals surface area contributed by atoms with Crippen LogP contribution in [0.3, 0.4) is 0 Å². The number of nitrogens with one attached hydrogen (secondary N) is 1. The number of carbonyl (C=O) groups is 1. The predicted molar refractivity (Wildman–Crippen MR) is 91.9 cm³/mol. The number of ether oxygens (including phenoxy) is 1. The van der Waals surface area contributed by atoms with Crippen molar-refractivity contribution in [1.29, 1.82) is 0 Å². The minimum absolute atomic E-state index is 0.0913. The smallest absolute Gasteiger partial charge is 0.234 e. The minimum atomic E-state index is -0.0913. The van der Waals surface area contributed by atoms with Crippen molar-refractivity contribution in [1.82, 2.24) is 14.8 Å². The molecule has 23 heavy (non-hydrogen) atoms. The summed E-state index contributed by atoms with van der Waals surface area (Å²) in [5.41, 5.74) is 0.734. The molecule has 0 spiro atoms. The molecule has 0 atom stereocenters. The Morgan fingerprint density at radius 2 is 2.13 bits per heavy atom. The summed E-state index contributed by atoms with van der Waals surface area (Å²) in [4.78, 5) is 12.0. The van der Waals surface area contributed by atoms with Crippen LogP contribution in [0.5, 0.6) is 5.75 Å². The second-order valence-corrected chi connectivity index (χ2v) is 5.66. The molecule has 2 rings (SSSR count). The zero-order valence-corrected chi connectivity index (χ0v) is 14.1. The van der Waals surface area contributed by atoms with Gasteiger partial charge in [-0.1, -0.05) is 24.8 Å². The van der Waals surface area contributed by atoms with Crippen molar-refractivity contribution in [3.05, 3.63) is 42.7 Å². The average molecular weight is 332 g/mol. The molecule has 0 aliphatic carbocycles. The number of hydrogen-bond acceptors (Lipinski definition) is 5. The summed E-state index contributed by atoms with van der Waals surface area (Å²) in [5.74, 6) is 1.82. The largest absolute Gasteiger partial charge is 0.497 e. The number of methoxy groups -OCH3 is 1. The summed E-state index contributed by atoms with van der Waals surface area (Å²) >= 11 is 1.36. The zero-order chi connectivity index (χ0) is 16.7. The Kier molecular flexibility index (Phi) is 6.22. The Hall–Kier alpha value is -2.28. The van der Waals surface area contributed by atoms with Crippen molar-refractivity contribution in [2.24, 2.45) is 0 Å². The Bertz CT molecular complexity index is 667. The molecule has 122 valence electrons. The van der Waals surface area contributed by atoms with Crippen LogP contribution in [0.15, 0.2) is 42.1 Å². The van der Waals surface area contributed by atoms with Crippen LogP contribution in [0.1, 0.15) is 12.7 Å². The monoisotopic (exact) mass is 332 g/mol. The Morgan fingerprint density at radius 3 is 2.74 bits per heavy atom. The first-order chi connectivity index (χ1) is 11.2. The van der Waals surface area contributed by atoms with Gasteiger partial charge in [-0.3, -0.25) is 4.79 Å². The van der Waals surface area contributed by atoms with E-state index in [0.717, 1.165) is 28.8 Å². The van der Waals surface area contributed by atoms with Crippen molar-refractivity contribution >= 4 is 23.4 Å². The van der Waals surface area contributed by atoms with Gasteiger partial charge >= 0.3 is 0 Å². The molecule has 0 fully saturated rings. The third-order valence-electron chi connectivity index (χ3n) is 3.13. The summed E-state index contributed by atoms with van der Waals surface area (Å²) in [5, 5.41) is 11.8. The summed E-state index contributed by atoms with van der Waals surface area (Å²) in [7, 11) is 1.61. The topological polar surface area (TPSA) is 69.0 Å². The first kappa shape index (κ1) is 17.1. The highest BCUT2D eigenvalue weighted by atomic mass is 32.2. The van der Waals surface area contributed by atoms with Crippen LogP contribution >= 0.6 is 11.8 Å². The first-order valence-corrected chi connectivity index (χ1v) is 8.26. The molecule has 0 aliphatic rings. The van der Waals surface area contributed by atoms with E-state index in [0.29, 0.717) is 6.54 Å². The summed E-state index contributed by atoms with van der Waals surface area (Å²) in [6.07, 6.45) is 2.59. The van der Waals surface area contributed by atoms with Crippen molar-refractivity contribution < 1.29 is 9.53 Å². The molecule has 0 unspecified atom stereocenters. The Balaban J connectivity index is 1.93. The molecule has 1 aromatic carbocycles. The van der Waals surface area contributed by atoms with E-state index in [1.54, 1.807) is 37.5 Å². The Morgan fingerprint density at radius 1 is 1.39 bits per heavy atom. The fourth-order valence-electron chi connectivity index (χ4n) is 2.00. The molecule has 6 nitrogen and oxygen atoms in total. The number of thioether (sulfide) groups is 1. The van der Waals surface area contributed by atoms with Crippen LogP contribution in [0, 0.1) is 0 Å². The lowest BCUT2D eigenvalue weighted by Gasteiger charge is -2.07. The van der Waals surface area contributed by atoms with E-state index in [-0.39, 0.29) is 11.7 Å². The van der Waals surface area contributed by atoms with Crippen LogP contribution in [0.4, 0.5) is 5.69 Å². The van der Waals surface area contributed by atoms with E-state index in [2.05, 4.69) is 22.1 Å². The molecule has 1 amide bonds. The lowest BCUT2D eigenvalue weighted by atomic mass is 10.3. The Labute approximate surface area is 139 Å². The molecular formula is C16H20N4O2S. The van der Waals surface area contributed by atoms with Crippen molar-refractivity contribution in [3.8, 4) is 5.75 Å². The van der Waals surface area contributed by atoms with Gasteiger partial charge < -0.3 is 14.6 Å². The van der Waals surface area contributed by atoms with E-state index in [9.17, 15) is 4.79 Å². The first-order valence-electron chi connectivity index (χ1n) is 7.27. The number of nitrogens with zero attached hydrogens (tertiary/aromatic N) is 3. The fraction of sp³-hybridized carbons (Fsp3) is 0.312. The summed E-state index contributed by atoms with van der Waals surface area (Å²) in [6, 6.07) is 7.21. The quantitative estimate of drug-likeness (QED) is 0.594. The average Bonchev–Trinajstić information content (AvgIpc) is 2.96. The van der Waals surface area contributed by atoms with E-state index in [4.69, 9.17) is 4.74 Å². The van der Waals surface area contributed by atoms with Gasteiger partial charge in [-0.15, -0.1) is 16.8 Å². The van der Waals surface area contributed by atoms with Crippen molar-refractivity contribution in [2.75, 3.05) is 18.2 Å². The standard InChI is InChI=1S/C16H20N4O2S/c1-4-10-20-14(5-2)18-19-16(20)23-11-15(21)17-12-6-8-13(22-3)9-7-12/h4,6-9H,1,5,10-11H2,2-3H3,(H,17,21). The number of anilines is 1. The molecule has 7 heteroatoms. The lowest BCUT2D eigenvalue weighted by Crippen LogP contribution is -2.14. The van der Waals surface area contributed by atoms with E-state index in [1.807, 2.05) is 11.5 Å². The number of benzene rings is 1. The van der Waals surface area contributed by atoms with E-state index < -0.39 is 0 Å². The molecule has 0 bridgehead atoms. The second kappa shape index (κ2) is 8.38. The molecule has 1 aromatic heterocycles. The highest BCUT2D eigenvalue weighted by molar-refractivity contribution is 7.99. The van der Waals surface area contributed by atoms with Gasteiger partial charge in [0.2, 0.25) is 5.91 Å². The van der Waals surface area contributed by atoms with Gasteiger partial charge in [0, 0.05) is 18.7 Å². The number of hydrogen-bond donors (Lipinski definition) is 1. The SMILES string of the molecule is C=CCn1c(CC)nnc1SCC(=O)Nc1ccc(OC)cc1. The van der Waals surface area contributed by atoms with Crippen LogP contribution in [0.2, 0.25) is 0 Å². The maximum atomic E-state index is 12.0. The maximum absolute atomic E-state index is 12.0. The zero-order valence-electron chi connectivity index (χ0n) is 13.3. The van der Waals surface area contributed by atoms with E-state index in [1.165, 1.54) is 11.8 Å². The lowest BCUT2D eigenvalue weighted by molar-refractivity contribution is -0.113. The number of aryl methyl sites for hydroxylation is 1. The maximum Gasteiger partial charge on any atom is 0.234 e. The highest BCUT2D eigenvalue weighted by Gasteiger charge is 2.12. The third-order valence-corrected chi connectivity index (χ3v) is 4.09. The van der Waals surface area contributed by atoms with Crippen molar-refractivity contribution in [3.63, 3.8) is 0 Å². The fourth-order valence-corrected chi connectivity index (χ4v) is 2.77. The highest BCUT2D eigenvalue weighted by Crippen LogP contribution is 2.19. The molecule has 1 heterocycles.